The van der Waals surface area contributed by atoms with Gasteiger partial charge in [-0.1, -0.05) is 0 Å². The minimum absolute atomic E-state index is 0.167. The van der Waals surface area contributed by atoms with Crippen LogP contribution in [0.15, 0.2) is 52.0 Å². The van der Waals surface area contributed by atoms with Crippen LogP contribution in [0.4, 0.5) is 5.69 Å². The number of carbonyl (C=O) groups is 1. The molecular formula is C19H25N3O4S. The van der Waals surface area contributed by atoms with Crippen LogP contribution >= 0.6 is 0 Å². The third-order valence-electron chi connectivity index (χ3n) is 4.85. The fourth-order valence-corrected chi connectivity index (χ4v) is 4.54. The quantitative estimate of drug-likeness (QED) is 0.784. The highest BCUT2D eigenvalue weighted by Gasteiger charge is 2.27. The van der Waals surface area contributed by atoms with Crippen molar-refractivity contribution in [1.29, 1.82) is 0 Å². The second-order valence-electron chi connectivity index (χ2n) is 6.80. The van der Waals surface area contributed by atoms with E-state index in [2.05, 4.69) is 5.32 Å². The van der Waals surface area contributed by atoms with E-state index < -0.39 is 10.0 Å². The molecular weight excluding hydrogens is 366 g/mol. The van der Waals surface area contributed by atoms with Gasteiger partial charge in [-0.15, -0.1) is 0 Å². The Morgan fingerprint density at radius 1 is 1.22 bits per heavy atom. The Morgan fingerprint density at radius 2 is 1.89 bits per heavy atom. The Hall–Kier alpha value is -2.16. The lowest BCUT2D eigenvalue weighted by Gasteiger charge is -2.23. The van der Waals surface area contributed by atoms with Crippen LogP contribution in [-0.4, -0.2) is 49.7 Å². The van der Waals surface area contributed by atoms with E-state index in [1.807, 2.05) is 31.0 Å². The van der Waals surface area contributed by atoms with E-state index in [1.54, 1.807) is 30.5 Å². The van der Waals surface area contributed by atoms with Crippen molar-refractivity contribution in [2.24, 2.45) is 0 Å². The monoisotopic (exact) mass is 391 g/mol. The maximum absolute atomic E-state index is 12.5. The number of sulfonamides is 1. The second-order valence-corrected chi connectivity index (χ2v) is 8.73. The average molecular weight is 391 g/mol. The third-order valence-corrected chi connectivity index (χ3v) is 6.76. The number of carbonyl (C=O) groups excluding carboxylic acids is 1. The standard InChI is InChI=1S/C19H25N3O4S/c1-15(21(2)14-17-6-5-13-26-17)19(23)20-16-7-9-18(10-8-16)27(24,25)22-11-3-4-12-22/h5-10,13,15H,3-4,11-12,14H2,1-2H3,(H,20,23)/t15-/m1/s1. The van der Waals surface area contributed by atoms with E-state index in [4.69, 9.17) is 4.42 Å². The molecule has 1 aromatic carbocycles. The molecule has 8 heteroatoms. The van der Waals surface area contributed by atoms with Crippen molar-refractivity contribution in [1.82, 2.24) is 9.21 Å². The van der Waals surface area contributed by atoms with Gasteiger partial charge in [0, 0.05) is 18.8 Å². The maximum atomic E-state index is 12.5. The van der Waals surface area contributed by atoms with E-state index >= 15 is 0 Å². The first-order chi connectivity index (χ1) is 12.9. The fraction of sp³-hybridized carbons (Fsp3) is 0.421. The number of anilines is 1. The third kappa shape index (κ3) is 4.58. The van der Waals surface area contributed by atoms with Gasteiger partial charge in [-0.25, -0.2) is 8.42 Å². The van der Waals surface area contributed by atoms with E-state index in [9.17, 15) is 13.2 Å². The lowest BCUT2D eigenvalue weighted by atomic mass is 10.2. The number of nitrogens with zero attached hydrogens (tertiary/aromatic N) is 2. The minimum atomic E-state index is -3.44. The summed E-state index contributed by atoms with van der Waals surface area (Å²) in [6.45, 7) is 3.47. The van der Waals surface area contributed by atoms with Crippen molar-refractivity contribution >= 4 is 21.6 Å². The summed E-state index contributed by atoms with van der Waals surface area (Å²) in [4.78, 5) is 14.6. The molecule has 1 N–H and O–H groups in total. The predicted molar refractivity (Wildman–Crippen MR) is 103 cm³/mol. The van der Waals surface area contributed by atoms with Gasteiger partial charge in [0.2, 0.25) is 15.9 Å². The minimum Gasteiger partial charge on any atom is -0.468 e. The molecule has 2 aromatic rings. The van der Waals surface area contributed by atoms with Gasteiger partial charge in [0.05, 0.1) is 23.7 Å². The highest BCUT2D eigenvalue weighted by molar-refractivity contribution is 7.89. The van der Waals surface area contributed by atoms with Gasteiger partial charge in [-0.05, 0) is 63.2 Å². The van der Waals surface area contributed by atoms with Crippen LogP contribution in [0.2, 0.25) is 0 Å². The van der Waals surface area contributed by atoms with E-state index in [-0.39, 0.29) is 16.8 Å². The summed E-state index contributed by atoms with van der Waals surface area (Å²) in [6, 6.07) is 9.64. The van der Waals surface area contributed by atoms with Crippen LogP contribution in [0.3, 0.4) is 0 Å². The molecule has 146 valence electrons. The highest BCUT2D eigenvalue weighted by Crippen LogP contribution is 2.22. The molecule has 1 atom stereocenters. The summed E-state index contributed by atoms with van der Waals surface area (Å²) < 4.78 is 31.9. The summed E-state index contributed by atoms with van der Waals surface area (Å²) in [6.07, 6.45) is 3.40. The van der Waals surface area contributed by atoms with E-state index in [0.717, 1.165) is 18.6 Å². The summed E-state index contributed by atoms with van der Waals surface area (Å²) in [5.74, 6) is 0.618. The Balaban J connectivity index is 1.61. The van der Waals surface area contributed by atoms with Crippen molar-refractivity contribution in [2.45, 2.75) is 37.2 Å². The zero-order valence-corrected chi connectivity index (χ0v) is 16.4. The first-order valence-corrected chi connectivity index (χ1v) is 10.5. The van der Waals surface area contributed by atoms with E-state index in [1.165, 1.54) is 4.31 Å². The Morgan fingerprint density at radius 3 is 2.48 bits per heavy atom. The number of nitrogens with one attached hydrogen (secondary N) is 1. The summed E-state index contributed by atoms with van der Waals surface area (Å²) >= 11 is 0. The molecule has 7 nitrogen and oxygen atoms in total. The van der Waals surface area contributed by atoms with Gasteiger partial charge in [-0.3, -0.25) is 9.69 Å². The average Bonchev–Trinajstić information content (AvgIpc) is 3.35. The lowest BCUT2D eigenvalue weighted by Crippen LogP contribution is -2.39. The molecule has 0 unspecified atom stereocenters. The molecule has 0 bridgehead atoms. The van der Waals surface area contributed by atoms with E-state index in [0.29, 0.717) is 25.3 Å². The van der Waals surface area contributed by atoms with Crippen LogP contribution < -0.4 is 5.32 Å². The van der Waals surface area contributed by atoms with Crippen LogP contribution in [0.5, 0.6) is 0 Å². The zero-order valence-electron chi connectivity index (χ0n) is 15.6. The topological polar surface area (TPSA) is 82.9 Å². The van der Waals surface area contributed by atoms with Crippen LogP contribution in [0.25, 0.3) is 0 Å². The predicted octanol–water partition coefficient (Wildman–Crippen LogP) is 2.52. The second kappa shape index (κ2) is 8.24. The van der Waals surface area contributed by atoms with Crippen molar-refractivity contribution in [2.75, 3.05) is 25.5 Å². The molecule has 1 aromatic heterocycles. The number of hydrogen-bond acceptors (Lipinski definition) is 5. The Kier molecular flexibility index (Phi) is 5.98. The molecule has 1 aliphatic rings. The SMILES string of the molecule is C[C@H](C(=O)Nc1ccc(S(=O)(=O)N2CCCC2)cc1)N(C)Cc1ccco1. The zero-order chi connectivity index (χ0) is 19.4. The molecule has 3 rings (SSSR count). The summed E-state index contributed by atoms with van der Waals surface area (Å²) in [7, 11) is -1.60. The van der Waals surface area contributed by atoms with Crippen LogP contribution in [0.1, 0.15) is 25.5 Å². The molecule has 1 aliphatic heterocycles. The van der Waals surface area contributed by atoms with Gasteiger partial charge >= 0.3 is 0 Å². The normalized spacial score (nSPS) is 16.6. The van der Waals surface area contributed by atoms with Crippen molar-refractivity contribution in [3.05, 3.63) is 48.4 Å². The maximum Gasteiger partial charge on any atom is 0.243 e. The summed E-state index contributed by atoms with van der Waals surface area (Å²) in [5.41, 5.74) is 0.568. The Labute approximate surface area is 160 Å². The molecule has 2 heterocycles. The molecule has 0 radical (unpaired) electrons. The molecule has 0 spiro atoms. The number of rotatable bonds is 7. The lowest BCUT2D eigenvalue weighted by molar-refractivity contribution is -0.120. The van der Waals surface area contributed by atoms with Crippen molar-refractivity contribution < 1.29 is 17.6 Å². The van der Waals surface area contributed by atoms with Gasteiger partial charge in [0.25, 0.3) is 0 Å². The highest BCUT2D eigenvalue weighted by atomic mass is 32.2. The fourth-order valence-electron chi connectivity index (χ4n) is 3.02. The Bertz CT molecular complexity index is 857. The molecule has 0 aliphatic carbocycles. The molecule has 1 saturated heterocycles. The van der Waals surface area contributed by atoms with Crippen molar-refractivity contribution in [3.8, 4) is 0 Å². The van der Waals surface area contributed by atoms with Gasteiger partial charge < -0.3 is 9.73 Å². The molecule has 27 heavy (non-hydrogen) atoms. The first kappa shape index (κ1) is 19.6. The van der Waals surface area contributed by atoms with Gasteiger partial charge in [0.15, 0.2) is 0 Å². The number of benzene rings is 1. The summed E-state index contributed by atoms with van der Waals surface area (Å²) in [5, 5.41) is 2.83. The van der Waals surface area contributed by atoms with Gasteiger partial charge in [0.1, 0.15) is 5.76 Å². The van der Waals surface area contributed by atoms with Crippen molar-refractivity contribution in [3.63, 3.8) is 0 Å². The number of furan rings is 1. The molecule has 1 fully saturated rings. The first-order valence-electron chi connectivity index (χ1n) is 9.01. The van der Waals surface area contributed by atoms with Gasteiger partial charge in [-0.2, -0.15) is 4.31 Å². The number of likely N-dealkylation sites (N-methyl/N-ethyl adjacent to an activating group) is 1. The van der Waals surface area contributed by atoms with Crippen LogP contribution in [0, 0.1) is 0 Å². The largest absolute Gasteiger partial charge is 0.468 e. The smallest absolute Gasteiger partial charge is 0.243 e. The number of amides is 1. The number of hydrogen-bond donors (Lipinski definition) is 1. The molecule has 0 saturated carbocycles. The van der Waals surface area contributed by atoms with Crippen LogP contribution in [-0.2, 0) is 21.4 Å². The molecule has 1 amide bonds.